The number of nitrogens with zero attached hydrogens (tertiary/aromatic N) is 1. The van der Waals surface area contributed by atoms with Crippen LogP contribution < -0.4 is 10.2 Å². The predicted molar refractivity (Wildman–Crippen MR) is 91.1 cm³/mol. The smallest absolute Gasteiger partial charge is 0.416 e. The van der Waals surface area contributed by atoms with E-state index in [9.17, 15) is 13.2 Å². The summed E-state index contributed by atoms with van der Waals surface area (Å²) in [5.41, 5.74) is 3.26. The Labute approximate surface area is 153 Å². The summed E-state index contributed by atoms with van der Waals surface area (Å²) in [6, 6.07) is 11.8. The Hall–Kier alpha value is -2.84. The van der Waals surface area contributed by atoms with Crippen LogP contribution >= 0.6 is 0 Å². The highest BCUT2D eigenvalue weighted by molar-refractivity contribution is 5.54. The molecule has 0 fully saturated rings. The fourth-order valence-corrected chi connectivity index (χ4v) is 2.43. The molecule has 2 aromatic carbocycles. The van der Waals surface area contributed by atoms with Gasteiger partial charge < -0.3 is 14.4 Å². The third-order valence-corrected chi connectivity index (χ3v) is 3.93. The monoisotopic (exact) mass is 378 g/mol. The molecular formula is C19H17F3N2O3. The highest BCUT2D eigenvalue weighted by atomic mass is 19.4. The van der Waals surface area contributed by atoms with E-state index in [4.69, 9.17) is 14.4 Å². The van der Waals surface area contributed by atoms with Crippen LogP contribution in [0.3, 0.4) is 0 Å². The van der Waals surface area contributed by atoms with Crippen molar-refractivity contribution in [3.8, 4) is 17.2 Å². The number of aromatic nitrogens is 1. The second kappa shape index (κ2) is 7.81. The van der Waals surface area contributed by atoms with Gasteiger partial charge in [-0.2, -0.15) is 13.2 Å². The van der Waals surface area contributed by atoms with Gasteiger partial charge in [-0.3, -0.25) is 0 Å². The summed E-state index contributed by atoms with van der Waals surface area (Å²) in [7, 11) is 0. The molecule has 0 saturated heterocycles. The van der Waals surface area contributed by atoms with E-state index in [-0.39, 0.29) is 12.5 Å². The summed E-state index contributed by atoms with van der Waals surface area (Å²) < 4.78 is 49.2. The molecule has 142 valence electrons. The van der Waals surface area contributed by atoms with Gasteiger partial charge in [-0.15, -0.1) is 0 Å². The van der Waals surface area contributed by atoms with Crippen molar-refractivity contribution in [2.75, 3.05) is 0 Å². The first-order valence-electron chi connectivity index (χ1n) is 8.09. The van der Waals surface area contributed by atoms with E-state index >= 15 is 0 Å². The molecule has 0 radical (unpaired) electrons. The number of alkyl halides is 3. The van der Waals surface area contributed by atoms with Gasteiger partial charge in [0.25, 0.3) is 0 Å². The third-order valence-electron chi connectivity index (χ3n) is 3.93. The Bertz CT molecular complexity index is 888. The molecule has 0 aliphatic heterocycles. The second-order valence-corrected chi connectivity index (χ2v) is 5.86. The first kappa shape index (κ1) is 18.9. The van der Waals surface area contributed by atoms with E-state index in [0.717, 1.165) is 17.7 Å². The standard InChI is InChI=1S/C19H17F3N2O3/c1-12-17(11-26-16-8-2-13(3-9-16)10-23-25)24-18(27-12)14-4-6-15(7-5-14)19(20,21)22/h2-9,23,25H,10-11H2,1H3. The van der Waals surface area contributed by atoms with Crippen LogP contribution in [0.15, 0.2) is 52.9 Å². The van der Waals surface area contributed by atoms with E-state index < -0.39 is 11.7 Å². The van der Waals surface area contributed by atoms with Crippen LogP contribution in [0.25, 0.3) is 11.5 Å². The number of hydroxylamine groups is 1. The maximum absolute atomic E-state index is 12.6. The van der Waals surface area contributed by atoms with Crippen molar-refractivity contribution in [1.29, 1.82) is 0 Å². The Kier molecular flexibility index (Phi) is 5.48. The molecule has 0 spiro atoms. The fraction of sp³-hybridized carbons (Fsp3) is 0.211. The van der Waals surface area contributed by atoms with Gasteiger partial charge in [0.15, 0.2) is 0 Å². The Morgan fingerprint density at radius 2 is 1.74 bits per heavy atom. The molecule has 3 aromatic rings. The summed E-state index contributed by atoms with van der Waals surface area (Å²) >= 11 is 0. The zero-order chi connectivity index (χ0) is 19.4. The van der Waals surface area contributed by atoms with Gasteiger partial charge in [0.2, 0.25) is 5.89 Å². The van der Waals surface area contributed by atoms with Crippen molar-refractivity contribution in [3.05, 3.63) is 71.1 Å². The number of hydrogen-bond acceptors (Lipinski definition) is 5. The van der Waals surface area contributed by atoms with Crippen molar-refractivity contribution in [3.63, 3.8) is 0 Å². The van der Waals surface area contributed by atoms with E-state index in [1.165, 1.54) is 12.1 Å². The average molecular weight is 378 g/mol. The van der Waals surface area contributed by atoms with Crippen LogP contribution in [0, 0.1) is 6.92 Å². The molecule has 27 heavy (non-hydrogen) atoms. The van der Waals surface area contributed by atoms with Crippen molar-refractivity contribution in [2.24, 2.45) is 0 Å². The number of nitrogens with one attached hydrogen (secondary N) is 1. The molecule has 0 aliphatic rings. The minimum absolute atomic E-state index is 0.160. The topological polar surface area (TPSA) is 67.5 Å². The molecule has 0 aliphatic carbocycles. The van der Waals surface area contributed by atoms with Crippen molar-refractivity contribution < 1.29 is 27.5 Å². The van der Waals surface area contributed by atoms with Crippen LogP contribution in [-0.2, 0) is 19.3 Å². The zero-order valence-corrected chi connectivity index (χ0v) is 14.4. The number of aryl methyl sites for hydroxylation is 1. The number of benzene rings is 2. The van der Waals surface area contributed by atoms with E-state index in [1.54, 1.807) is 19.1 Å². The van der Waals surface area contributed by atoms with Gasteiger partial charge >= 0.3 is 6.18 Å². The average Bonchev–Trinajstić information content (AvgIpc) is 3.02. The molecule has 8 heteroatoms. The molecule has 1 heterocycles. The maximum Gasteiger partial charge on any atom is 0.416 e. The van der Waals surface area contributed by atoms with E-state index in [1.807, 2.05) is 12.1 Å². The zero-order valence-electron chi connectivity index (χ0n) is 14.4. The molecule has 0 saturated carbocycles. The summed E-state index contributed by atoms with van der Waals surface area (Å²) in [6.07, 6.45) is -4.38. The molecule has 0 unspecified atom stereocenters. The lowest BCUT2D eigenvalue weighted by molar-refractivity contribution is -0.137. The maximum atomic E-state index is 12.6. The molecule has 1 aromatic heterocycles. The fourth-order valence-electron chi connectivity index (χ4n) is 2.43. The van der Waals surface area contributed by atoms with Gasteiger partial charge in [0.05, 0.1) is 5.56 Å². The number of ether oxygens (including phenoxy) is 1. The highest BCUT2D eigenvalue weighted by Gasteiger charge is 2.30. The van der Waals surface area contributed by atoms with Crippen LogP contribution in [0.1, 0.15) is 22.6 Å². The minimum Gasteiger partial charge on any atom is -0.487 e. The van der Waals surface area contributed by atoms with Crippen molar-refractivity contribution in [2.45, 2.75) is 26.3 Å². The third kappa shape index (κ3) is 4.66. The second-order valence-electron chi connectivity index (χ2n) is 5.86. The Morgan fingerprint density at radius 3 is 2.33 bits per heavy atom. The number of rotatable bonds is 6. The lowest BCUT2D eigenvalue weighted by Crippen LogP contribution is -2.05. The normalized spacial score (nSPS) is 11.6. The molecule has 5 nitrogen and oxygen atoms in total. The summed E-state index contributed by atoms with van der Waals surface area (Å²) in [5.74, 6) is 1.39. The van der Waals surface area contributed by atoms with Crippen LogP contribution in [-0.4, -0.2) is 10.2 Å². The molecule has 0 atom stereocenters. The van der Waals surface area contributed by atoms with Gasteiger partial charge in [0, 0.05) is 12.1 Å². The molecule has 2 N–H and O–H groups in total. The van der Waals surface area contributed by atoms with Gasteiger partial charge in [-0.1, -0.05) is 12.1 Å². The van der Waals surface area contributed by atoms with Crippen molar-refractivity contribution >= 4 is 0 Å². The Balaban J connectivity index is 1.69. The van der Waals surface area contributed by atoms with Crippen molar-refractivity contribution in [1.82, 2.24) is 10.5 Å². The lowest BCUT2D eigenvalue weighted by atomic mass is 10.1. The molecule has 0 bridgehead atoms. The van der Waals surface area contributed by atoms with E-state index in [0.29, 0.717) is 29.3 Å². The van der Waals surface area contributed by atoms with Gasteiger partial charge in [-0.05, 0) is 48.9 Å². The van der Waals surface area contributed by atoms with Crippen LogP contribution in [0.4, 0.5) is 13.2 Å². The summed E-state index contributed by atoms with van der Waals surface area (Å²) in [6.45, 7) is 2.21. The first-order chi connectivity index (χ1) is 12.9. The predicted octanol–water partition coefficient (Wildman–Crippen LogP) is 4.73. The summed E-state index contributed by atoms with van der Waals surface area (Å²) in [5, 5.41) is 8.67. The lowest BCUT2D eigenvalue weighted by Gasteiger charge is -2.06. The molecule has 3 rings (SSSR count). The SMILES string of the molecule is Cc1oc(-c2ccc(C(F)(F)F)cc2)nc1COc1ccc(CNO)cc1. The first-order valence-corrected chi connectivity index (χ1v) is 8.09. The molecular weight excluding hydrogens is 361 g/mol. The van der Waals surface area contributed by atoms with Gasteiger partial charge in [-0.25, -0.2) is 10.5 Å². The number of halogens is 3. The van der Waals surface area contributed by atoms with Gasteiger partial charge in [0.1, 0.15) is 23.8 Å². The minimum atomic E-state index is -4.38. The van der Waals surface area contributed by atoms with E-state index in [2.05, 4.69) is 10.5 Å². The van der Waals surface area contributed by atoms with Crippen LogP contribution in [0.5, 0.6) is 5.75 Å². The summed E-state index contributed by atoms with van der Waals surface area (Å²) in [4.78, 5) is 4.32. The molecule has 0 amide bonds. The largest absolute Gasteiger partial charge is 0.487 e. The van der Waals surface area contributed by atoms with Crippen LogP contribution in [0.2, 0.25) is 0 Å². The highest BCUT2D eigenvalue weighted by Crippen LogP contribution is 2.31. The quantitative estimate of drug-likeness (QED) is 0.607. The number of hydrogen-bond donors (Lipinski definition) is 2. The Morgan fingerprint density at radius 1 is 1.07 bits per heavy atom. The number of oxazole rings is 1.